The van der Waals surface area contributed by atoms with Gasteiger partial charge in [-0.1, -0.05) is 28.9 Å². The van der Waals surface area contributed by atoms with Crippen LogP contribution in [0.1, 0.15) is 12.5 Å². The number of carbonyl (C=O) groups is 1. The van der Waals surface area contributed by atoms with E-state index in [1.807, 2.05) is 6.07 Å². The number of nitrogens with zero attached hydrogens (tertiary/aromatic N) is 1. The van der Waals surface area contributed by atoms with Crippen LogP contribution in [0, 0.1) is 0 Å². The van der Waals surface area contributed by atoms with Crippen molar-refractivity contribution in [2.24, 2.45) is 5.16 Å². The highest BCUT2D eigenvalue weighted by Crippen LogP contribution is 2.11. The molecule has 0 aliphatic rings. The Kier molecular flexibility index (Phi) is 4.12. The lowest BCUT2D eigenvalue weighted by molar-refractivity contribution is -0.142. The lowest BCUT2D eigenvalue weighted by Crippen LogP contribution is -2.05. The third-order valence-electron chi connectivity index (χ3n) is 1.63. The quantitative estimate of drug-likeness (QED) is 0.634. The highest BCUT2D eigenvalue weighted by Gasteiger charge is 2.00. The van der Waals surface area contributed by atoms with Crippen LogP contribution in [-0.2, 0) is 9.63 Å². The van der Waals surface area contributed by atoms with E-state index in [4.69, 9.17) is 16.7 Å². The number of aliphatic carboxylic acids is 1. The van der Waals surface area contributed by atoms with E-state index in [1.54, 1.807) is 25.1 Å². The molecule has 0 spiro atoms. The Hall–Kier alpha value is -1.55. The van der Waals surface area contributed by atoms with Gasteiger partial charge < -0.3 is 9.94 Å². The van der Waals surface area contributed by atoms with Crippen LogP contribution in [-0.4, -0.2) is 23.4 Å². The van der Waals surface area contributed by atoms with Crippen LogP contribution >= 0.6 is 11.6 Å². The molecule has 0 fully saturated rings. The van der Waals surface area contributed by atoms with Crippen molar-refractivity contribution in [1.82, 2.24) is 0 Å². The Morgan fingerprint density at radius 2 is 2.33 bits per heavy atom. The maximum Gasteiger partial charge on any atom is 0.344 e. The molecule has 1 rings (SSSR count). The van der Waals surface area contributed by atoms with Gasteiger partial charge in [0.2, 0.25) is 6.61 Å². The third kappa shape index (κ3) is 3.99. The van der Waals surface area contributed by atoms with E-state index in [-0.39, 0.29) is 0 Å². The number of oxime groups is 1. The van der Waals surface area contributed by atoms with Crippen LogP contribution in [0.4, 0.5) is 0 Å². The minimum absolute atomic E-state index is 0.447. The molecule has 0 atom stereocenters. The first kappa shape index (κ1) is 11.5. The fourth-order valence-electron chi connectivity index (χ4n) is 0.951. The van der Waals surface area contributed by atoms with Crippen LogP contribution in [0.25, 0.3) is 0 Å². The second kappa shape index (κ2) is 5.36. The molecule has 0 aliphatic heterocycles. The summed E-state index contributed by atoms with van der Waals surface area (Å²) in [6.07, 6.45) is 0. The van der Waals surface area contributed by atoms with Crippen molar-refractivity contribution in [3.8, 4) is 0 Å². The molecule has 0 saturated heterocycles. The maximum absolute atomic E-state index is 10.2. The summed E-state index contributed by atoms with van der Waals surface area (Å²) < 4.78 is 0. The van der Waals surface area contributed by atoms with E-state index in [1.165, 1.54) is 0 Å². The molecule has 80 valence electrons. The Morgan fingerprint density at radius 3 is 2.93 bits per heavy atom. The van der Waals surface area contributed by atoms with Gasteiger partial charge in [0, 0.05) is 10.6 Å². The predicted octanol–water partition coefficient (Wildman–Crippen LogP) is 2.17. The molecule has 4 nitrogen and oxygen atoms in total. The number of hydrogen-bond acceptors (Lipinski definition) is 3. The molecule has 15 heavy (non-hydrogen) atoms. The van der Waals surface area contributed by atoms with Gasteiger partial charge in [-0.15, -0.1) is 0 Å². The topological polar surface area (TPSA) is 58.9 Å². The van der Waals surface area contributed by atoms with Crippen molar-refractivity contribution in [3.63, 3.8) is 0 Å². The molecule has 0 amide bonds. The third-order valence-corrected chi connectivity index (χ3v) is 1.87. The van der Waals surface area contributed by atoms with E-state index in [0.29, 0.717) is 10.7 Å². The van der Waals surface area contributed by atoms with Gasteiger partial charge in [-0.25, -0.2) is 4.79 Å². The van der Waals surface area contributed by atoms with Crippen molar-refractivity contribution < 1.29 is 14.7 Å². The normalized spacial score (nSPS) is 11.2. The van der Waals surface area contributed by atoms with Crippen molar-refractivity contribution in [2.75, 3.05) is 6.61 Å². The molecule has 0 saturated carbocycles. The fraction of sp³-hybridized carbons (Fsp3) is 0.200. The molecule has 0 bridgehead atoms. The first-order valence-corrected chi connectivity index (χ1v) is 4.61. The molecular weight excluding hydrogens is 218 g/mol. The second-order valence-electron chi connectivity index (χ2n) is 2.85. The van der Waals surface area contributed by atoms with Gasteiger partial charge in [0.05, 0.1) is 5.71 Å². The first-order valence-electron chi connectivity index (χ1n) is 4.24. The van der Waals surface area contributed by atoms with Crippen LogP contribution in [0.3, 0.4) is 0 Å². The Labute approximate surface area is 92.1 Å². The second-order valence-corrected chi connectivity index (χ2v) is 3.29. The van der Waals surface area contributed by atoms with Gasteiger partial charge >= 0.3 is 5.97 Å². The number of rotatable bonds is 4. The summed E-state index contributed by atoms with van der Waals surface area (Å²) in [5.41, 5.74) is 1.38. The minimum Gasteiger partial charge on any atom is -0.479 e. The lowest BCUT2D eigenvalue weighted by Gasteiger charge is -2.00. The fourth-order valence-corrected chi connectivity index (χ4v) is 1.14. The number of carboxylic acids is 1. The van der Waals surface area contributed by atoms with Crippen LogP contribution in [0.5, 0.6) is 0 Å². The summed E-state index contributed by atoms with van der Waals surface area (Å²) in [5.74, 6) is -1.06. The van der Waals surface area contributed by atoms with E-state index in [9.17, 15) is 4.79 Å². The molecule has 5 heteroatoms. The zero-order valence-corrected chi connectivity index (χ0v) is 8.86. The highest BCUT2D eigenvalue weighted by molar-refractivity contribution is 6.31. The summed E-state index contributed by atoms with van der Waals surface area (Å²) in [6.45, 7) is 1.27. The summed E-state index contributed by atoms with van der Waals surface area (Å²) >= 11 is 5.78. The zero-order chi connectivity index (χ0) is 11.3. The van der Waals surface area contributed by atoms with E-state index in [0.717, 1.165) is 5.56 Å². The molecule has 0 heterocycles. The highest BCUT2D eigenvalue weighted by atomic mass is 35.5. The van der Waals surface area contributed by atoms with E-state index < -0.39 is 12.6 Å². The largest absolute Gasteiger partial charge is 0.479 e. The molecule has 0 aromatic heterocycles. The standard InChI is InChI=1S/C10H10ClNO3/c1-7(12-15-6-10(13)14)8-3-2-4-9(11)5-8/h2-5H,6H2,1H3,(H,13,14)/b12-7+. The number of carboxylic acid groups (broad SMARTS) is 1. The van der Waals surface area contributed by atoms with Gasteiger partial charge in [0.1, 0.15) is 0 Å². The zero-order valence-electron chi connectivity index (χ0n) is 8.11. The van der Waals surface area contributed by atoms with Gasteiger partial charge in [0.15, 0.2) is 0 Å². The van der Waals surface area contributed by atoms with Crippen LogP contribution < -0.4 is 0 Å². The van der Waals surface area contributed by atoms with Gasteiger partial charge in [-0.2, -0.15) is 0 Å². The summed E-state index contributed by atoms with van der Waals surface area (Å²) in [4.78, 5) is 14.8. The van der Waals surface area contributed by atoms with E-state index >= 15 is 0 Å². The van der Waals surface area contributed by atoms with Crippen molar-refractivity contribution >= 4 is 23.3 Å². The van der Waals surface area contributed by atoms with Gasteiger partial charge in [0.25, 0.3) is 0 Å². The molecule has 1 N–H and O–H groups in total. The van der Waals surface area contributed by atoms with E-state index in [2.05, 4.69) is 9.99 Å². The minimum atomic E-state index is -1.06. The molecule has 0 aliphatic carbocycles. The maximum atomic E-state index is 10.2. The Bertz CT molecular complexity index is 390. The summed E-state index contributed by atoms with van der Waals surface area (Å²) in [7, 11) is 0. The van der Waals surface area contributed by atoms with Crippen LogP contribution in [0.2, 0.25) is 5.02 Å². The smallest absolute Gasteiger partial charge is 0.344 e. The van der Waals surface area contributed by atoms with Crippen molar-refractivity contribution in [2.45, 2.75) is 6.92 Å². The molecule has 1 aromatic carbocycles. The summed E-state index contributed by atoms with van der Waals surface area (Å²) in [6, 6.07) is 7.07. The Morgan fingerprint density at radius 1 is 1.60 bits per heavy atom. The Balaban J connectivity index is 2.67. The lowest BCUT2D eigenvalue weighted by atomic mass is 10.1. The van der Waals surface area contributed by atoms with Gasteiger partial charge in [-0.05, 0) is 19.1 Å². The molecule has 0 unspecified atom stereocenters. The monoisotopic (exact) mass is 227 g/mol. The van der Waals surface area contributed by atoms with Gasteiger partial charge in [-0.3, -0.25) is 0 Å². The molecular formula is C10H10ClNO3. The average molecular weight is 228 g/mol. The summed E-state index contributed by atoms with van der Waals surface area (Å²) in [5, 5.41) is 12.6. The number of hydrogen-bond donors (Lipinski definition) is 1. The molecule has 1 aromatic rings. The van der Waals surface area contributed by atoms with Crippen LogP contribution in [0.15, 0.2) is 29.4 Å². The van der Waals surface area contributed by atoms with Crippen molar-refractivity contribution in [1.29, 1.82) is 0 Å². The van der Waals surface area contributed by atoms with Crippen molar-refractivity contribution in [3.05, 3.63) is 34.9 Å². The molecule has 0 radical (unpaired) electrons. The first-order chi connectivity index (χ1) is 7.09. The predicted molar refractivity (Wildman–Crippen MR) is 57.3 cm³/mol. The number of benzene rings is 1. The SMILES string of the molecule is C/C(=N\OCC(=O)O)c1cccc(Cl)c1. The number of halogens is 1. The average Bonchev–Trinajstić information content (AvgIpc) is 2.17.